The number of aliphatic hydroxyl groups is 1. The Kier molecular flexibility index (Phi) is 3.53. The zero-order valence-corrected chi connectivity index (χ0v) is 10.7. The van der Waals surface area contributed by atoms with E-state index in [-0.39, 0.29) is 11.3 Å². The number of H-pyrrole nitrogens is 1. The molecular formula is C11H12FN3O2S. The van der Waals surface area contributed by atoms with Crippen molar-refractivity contribution in [1.29, 1.82) is 0 Å². The van der Waals surface area contributed by atoms with E-state index in [1.807, 2.05) is 0 Å². The molecule has 5 nitrogen and oxygen atoms in total. The number of aliphatic hydroxyl groups excluding tert-OH is 1. The van der Waals surface area contributed by atoms with Crippen molar-refractivity contribution in [1.82, 2.24) is 14.8 Å². The quantitative estimate of drug-likeness (QED) is 0.884. The highest BCUT2D eigenvalue weighted by Gasteiger charge is 2.16. The van der Waals surface area contributed by atoms with Gasteiger partial charge in [-0.05, 0) is 30.8 Å². The SMILES string of the molecule is C[C@H](O)c1c(F)cccc1Sc1n[nH]c(=O)n1C. The Labute approximate surface area is 107 Å². The highest BCUT2D eigenvalue weighted by molar-refractivity contribution is 7.99. The zero-order valence-electron chi connectivity index (χ0n) is 9.85. The summed E-state index contributed by atoms with van der Waals surface area (Å²) in [4.78, 5) is 11.8. The van der Waals surface area contributed by atoms with E-state index in [1.165, 1.54) is 17.6 Å². The molecule has 2 aromatic rings. The minimum Gasteiger partial charge on any atom is -0.389 e. The van der Waals surface area contributed by atoms with Gasteiger partial charge in [0, 0.05) is 17.5 Å². The molecule has 0 saturated carbocycles. The van der Waals surface area contributed by atoms with Gasteiger partial charge in [0.2, 0.25) is 0 Å². The van der Waals surface area contributed by atoms with Gasteiger partial charge in [0.05, 0.1) is 6.10 Å². The zero-order chi connectivity index (χ0) is 13.3. The predicted molar refractivity (Wildman–Crippen MR) is 65.0 cm³/mol. The minimum atomic E-state index is -0.926. The lowest BCUT2D eigenvalue weighted by Gasteiger charge is -2.11. The van der Waals surface area contributed by atoms with Crippen LogP contribution in [0.2, 0.25) is 0 Å². The van der Waals surface area contributed by atoms with Gasteiger partial charge < -0.3 is 5.11 Å². The molecular weight excluding hydrogens is 257 g/mol. The number of aromatic amines is 1. The molecule has 18 heavy (non-hydrogen) atoms. The van der Waals surface area contributed by atoms with Crippen LogP contribution in [0.5, 0.6) is 0 Å². The van der Waals surface area contributed by atoms with E-state index in [2.05, 4.69) is 10.2 Å². The second kappa shape index (κ2) is 4.95. The standard InChI is InChI=1S/C11H12FN3O2S/c1-6(16)9-7(12)4-3-5-8(9)18-11-14-13-10(17)15(11)2/h3-6,16H,1-2H3,(H,13,17)/t6-/m0/s1. The summed E-state index contributed by atoms with van der Waals surface area (Å²) in [5.74, 6) is -0.476. The molecule has 0 aliphatic rings. The maximum Gasteiger partial charge on any atom is 0.343 e. The number of benzene rings is 1. The Morgan fingerprint density at radius 2 is 2.28 bits per heavy atom. The number of rotatable bonds is 3. The number of hydrogen-bond donors (Lipinski definition) is 2. The van der Waals surface area contributed by atoms with E-state index in [1.54, 1.807) is 19.2 Å². The van der Waals surface area contributed by atoms with E-state index in [0.29, 0.717) is 10.1 Å². The molecule has 7 heteroatoms. The molecule has 1 aromatic heterocycles. The van der Waals surface area contributed by atoms with Gasteiger partial charge in [0.15, 0.2) is 5.16 Å². The lowest BCUT2D eigenvalue weighted by molar-refractivity contribution is 0.191. The van der Waals surface area contributed by atoms with E-state index in [0.717, 1.165) is 11.8 Å². The van der Waals surface area contributed by atoms with Crippen molar-refractivity contribution in [2.45, 2.75) is 23.1 Å². The van der Waals surface area contributed by atoms with Crippen LogP contribution in [0.15, 0.2) is 33.0 Å². The van der Waals surface area contributed by atoms with Gasteiger partial charge >= 0.3 is 5.69 Å². The monoisotopic (exact) mass is 269 g/mol. The summed E-state index contributed by atoms with van der Waals surface area (Å²) < 4.78 is 15.0. The highest BCUT2D eigenvalue weighted by Crippen LogP contribution is 2.33. The fraction of sp³-hybridized carbons (Fsp3) is 0.273. The Morgan fingerprint density at radius 1 is 1.56 bits per heavy atom. The summed E-state index contributed by atoms with van der Waals surface area (Å²) in [5.41, 5.74) is -0.134. The van der Waals surface area contributed by atoms with Crippen LogP contribution in [0, 0.1) is 5.82 Å². The molecule has 0 spiro atoms. The fourth-order valence-corrected chi connectivity index (χ4v) is 2.57. The predicted octanol–water partition coefficient (Wildman–Crippen LogP) is 1.45. The highest BCUT2D eigenvalue weighted by atomic mass is 32.2. The largest absolute Gasteiger partial charge is 0.389 e. The molecule has 96 valence electrons. The maximum absolute atomic E-state index is 13.6. The van der Waals surface area contributed by atoms with Crippen LogP contribution in [-0.4, -0.2) is 19.9 Å². The molecule has 0 fully saturated rings. The summed E-state index contributed by atoms with van der Waals surface area (Å²) in [7, 11) is 1.56. The Morgan fingerprint density at radius 3 is 2.83 bits per heavy atom. The third kappa shape index (κ3) is 2.32. The number of hydrogen-bond acceptors (Lipinski definition) is 4. The van der Waals surface area contributed by atoms with Crippen LogP contribution in [0.25, 0.3) is 0 Å². The first kappa shape index (κ1) is 12.8. The van der Waals surface area contributed by atoms with Crippen molar-refractivity contribution in [3.05, 3.63) is 40.1 Å². The van der Waals surface area contributed by atoms with Crippen LogP contribution >= 0.6 is 11.8 Å². The summed E-state index contributed by atoms with van der Waals surface area (Å²) in [6, 6.07) is 4.51. The Bertz CT molecular complexity index is 621. The topological polar surface area (TPSA) is 70.9 Å². The van der Waals surface area contributed by atoms with E-state index in [9.17, 15) is 14.3 Å². The number of nitrogens with one attached hydrogen (secondary N) is 1. The smallest absolute Gasteiger partial charge is 0.343 e. The van der Waals surface area contributed by atoms with Crippen LogP contribution in [-0.2, 0) is 7.05 Å². The first-order chi connectivity index (χ1) is 8.50. The first-order valence-corrected chi connectivity index (χ1v) is 6.08. The van der Waals surface area contributed by atoms with Crippen molar-refractivity contribution >= 4 is 11.8 Å². The van der Waals surface area contributed by atoms with Crippen LogP contribution in [0.3, 0.4) is 0 Å². The van der Waals surface area contributed by atoms with Gasteiger partial charge in [-0.15, -0.1) is 5.10 Å². The van der Waals surface area contributed by atoms with Crippen molar-refractivity contribution < 1.29 is 9.50 Å². The molecule has 0 aliphatic carbocycles. The van der Waals surface area contributed by atoms with E-state index in [4.69, 9.17) is 0 Å². The molecule has 0 bridgehead atoms. The Hall–Kier alpha value is -1.60. The molecule has 0 unspecified atom stereocenters. The number of aromatic nitrogens is 3. The summed E-state index contributed by atoms with van der Waals surface area (Å²) in [6.45, 7) is 1.49. The molecule has 1 aromatic carbocycles. The molecule has 2 rings (SSSR count). The first-order valence-electron chi connectivity index (χ1n) is 5.26. The summed E-state index contributed by atoms with van der Waals surface area (Å²) >= 11 is 1.12. The van der Waals surface area contributed by atoms with Crippen LogP contribution in [0.4, 0.5) is 4.39 Å². The van der Waals surface area contributed by atoms with Crippen LogP contribution in [0.1, 0.15) is 18.6 Å². The lowest BCUT2D eigenvalue weighted by Crippen LogP contribution is -2.12. The molecule has 0 radical (unpaired) electrons. The summed E-state index contributed by atoms with van der Waals surface area (Å²) in [6.07, 6.45) is -0.926. The van der Waals surface area contributed by atoms with Crippen molar-refractivity contribution in [2.24, 2.45) is 7.05 Å². The maximum atomic E-state index is 13.6. The van der Waals surface area contributed by atoms with Gasteiger partial charge in [0.25, 0.3) is 0 Å². The van der Waals surface area contributed by atoms with Gasteiger partial charge in [-0.3, -0.25) is 4.57 Å². The normalized spacial score (nSPS) is 12.7. The average Bonchev–Trinajstić information content (AvgIpc) is 2.60. The van der Waals surface area contributed by atoms with Crippen molar-refractivity contribution in [3.8, 4) is 0 Å². The van der Waals surface area contributed by atoms with E-state index < -0.39 is 11.9 Å². The van der Waals surface area contributed by atoms with Gasteiger partial charge in [0.1, 0.15) is 5.82 Å². The molecule has 0 amide bonds. The molecule has 1 atom stereocenters. The van der Waals surface area contributed by atoms with Crippen LogP contribution < -0.4 is 5.69 Å². The molecule has 2 N–H and O–H groups in total. The molecule has 0 aliphatic heterocycles. The number of halogens is 1. The van der Waals surface area contributed by atoms with E-state index >= 15 is 0 Å². The van der Waals surface area contributed by atoms with Crippen molar-refractivity contribution in [3.63, 3.8) is 0 Å². The number of nitrogens with zero attached hydrogens (tertiary/aromatic N) is 2. The second-order valence-electron chi connectivity index (χ2n) is 3.80. The molecule has 0 saturated heterocycles. The second-order valence-corrected chi connectivity index (χ2v) is 4.81. The van der Waals surface area contributed by atoms with Crippen molar-refractivity contribution in [2.75, 3.05) is 0 Å². The lowest BCUT2D eigenvalue weighted by atomic mass is 10.1. The third-order valence-electron chi connectivity index (χ3n) is 2.47. The van der Waals surface area contributed by atoms with Gasteiger partial charge in [-0.1, -0.05) is 6.07 Å². The minimum absolute atomic E-state index is 0.206. The average molecular weight is 269 g/mol. The molecule has 1 heterocycles. The van der Waals surface area contributed by atoms with Gasteiger partial charge in [-0.25, -0.2) is 14.3 Å². The summed E-state index contributed by atoms with van der Waals surface area (Å²) in [5, 5.41) is 16.1. The third-order valence-corrected chi connectivity index (χ3v) is 3.59. The Balaban J connectivity index is 2.43. The fourth-order valence-electron chi connectivity index (χ4n) is 1.53. The van der Waals surface area contributed by atoms with Gasteiger partial charge in [-0.2, -0.15) is 0 Å².